The van der Waals surface area contributed by atoms with E-state index in [1.165, 1.54) is 36.4 Å². The van der Waals surface area contributed by atoms with Crippen molar-refractivity contribution >= 4 is 105 Å². The van der Waals surface area contributed by atoms with E-state index in [1.54, 1.807) is 97.3 Å². The van der Waals surface area contributed by atoms with Crippen molar-refractivity contribution in [2.75, 3.05) is 0 Å². The normalized spacial score (nSPS) is 14.2. The zero-order valence-electron chi connectivity index (χ0n) is 57.4. The van der Waals surface area contributed by atoms with Crippen LogP contribution in [0.25, 0.3) is 34.7 Å². The van der Waals surface area contributed by atoms with Gasteiger partial charge in [-0.25, -0.2) is 0 Å². The van der Waals surface area contributed by atoms with Crippen molar-refractivity contribution in [2.24, 2.45) is 28.7 Å². The summed E-state index contributed by atoms with van der Waals surface area (Å²) in [6, 6.07) is 38.4. The van der Waals surface area contributed by atoms with Gasteiger partial charge in [0, 0.05) is 75.0 Å². The average Bonchev–Trinajstić information content (AvgIpc) is 1.63. The van der Waals surface area contributed by atoms with Crippen LogP contribution in [0.3, 0.4) is 0 Å². The highest BCUT2D eigenvalue weighted by atomic mass is 79.9. The topological polar surface area (TPSA) is 422 Å². The number of carbonyl (C=O) groups excluding carboxylic acids is 6. The molecule has 0 atom stereocenters. The number of nitrogens with zero attached hydrogens (tertiary/aromatic N) is 4. The highest BCUT2D eigenvalue weighted by Crippen LogP contribution is 2.38. The number of primary amides is 5. The Hall–Kier alpha value is -10.1. The molecule has 4 heterocycles. The third-order valence-electron chi connectivity index (χ3n) is 16.3. The van der Waals surface area contributed by atoms with Crippen LogP contribution in [-0.4, -0.2) is 118 Å². The fraction of sp³-hybridized carbons (Fsp3) is 0.260. The molecule has 530 valence electrons. The number of amides is 5. The molecule has 10 rings (SSSR count). The standard InChI is InChI=1S/C15H22BNO4.C15H20BNO4.C14H15N3O.C13H13N3O2.C9H8BrNO2.C7H5BrO2/c2*1-14(2)15(3,4)21-16(20-14)11-6-7-12(18)10(9-11)5-8-13(17)19;1-10-4-5-12(13-3-2-8-16-17-13)9-11(10)6-7-14(15)18;14-13(18)6-4-10-8-9(3-5-12(10)17)11-2-1-7-15-16-11;10-7-2-3-8(12)6(5-7)1-4-9(11)13;8-6-1-2-7(10)5(3-6)4-9/h6-7,9,18H,5,8H2,1-4H3,(H2,17,19);5-9,18H,1-4H3,(H2,17,19);2-5,8-9H,6-7H2,1H3,(H2,15,18);1-3,5,7-8,17H,4,6H2,(H2,14,18);1-5,12H,(H2,11,13);1-4,10H/b;8-5+;;;4-1+;. The average molecular weight is 1510 g/mol. The summed E-state index contributed by atoms with van der Waals surface area (Å²) in [5.74, 6) is -1.68. The number of hydrogen-bond donors (Lipinski definition) is 10. The Bertz CT molecular complexity index is 4130. The molecule has 28 heteroatoms. The molecule has 0 spiro atoms. The number of aromatic nitrogens is 4. The maximum absolute atomic E-state index is 10.9. The highest BCUT2D eigenvalue weighted by molar-refractivity contribution is 9.10. The summed E-state index contributed by atoms with van der Waals surface area (Å²) in [6.45, 7) is 17.9. The predicted molar refractivity (Wildman–Crippen MR) is 395 cm³/mol. The maximum atomic E-state index is 10.9. The second kappa shape index (κ2) is 37.4. The summed E-state index contributed by atoms with van der Waals surface area (Å²) in [7, 11) is -1.00. The second-order valence-electron chi connectivity index (χ2n) is 25.0. The second-order valence-corrected chi connectivity index (χ2v) is 26.8. The first-order valence-electron chi connectivity index (χ1n) is 31.5. The molecule has 0 aliphatic carbocycles. The van der Waals surface area contributed by atoms with Crippen molar-refractivity contribution < 1.29 is 72.9 Å². The molecule has 24 nitrogen and oxygen atoms in total. The summed E-state index contributed by atoms with van der Waals surface area (Å²) in [5.41, 5.74) is 33.7. The van der Waals surface area contributed by atoms with Crippen molar-refractivity contribution in [1.82, 2.24) is 20.4 Å². The van der Waals surface area contributed by atoms with Gasteiger partial charge in [0.15, 0.2) is 6.29 Å². The number of phenolic OH excluding ortho intramolecular Hbond substituents is 5. The number of phenols is 5. The molecular formula is C73H83B2Br2N9O15. The van der Waals surface area contributed by atoms with Gasteiger partial charge in [0.2, 0.25) is 29.5 Å². The molecular weight excluding hydrogens is 1420 g/mol. The summed E-state index contributed by atoms with van der Waals surface area (Å²) >= 11 is 6.41. The molecule has 0 saturated carbocycles. The number of aryl methyl sites for hydroxylation is 4. The molecule has 8 aromatic rings. The van der Waals surface area contributed by atoms with E-state index in [0.717, 1.165) is 53.5 Å². The van der Waals surface area contributed by atoms with Crippen LogP contribution in [0.2, 0.25) is 0 Å². The van der Waals surface area contributed by atoms with E-state index in [4.69, 9.17) is 52.4 Å². The van der Waals surface area contributed by atoms with Crippen LogP contribution in [0.4, 0.5) is 0 Å². The molecule has 0 radical (unpaired) electrons. The minimum Gasteiger partial charge on any atom is -0.508 e. The molecule has 0 unspecified atom stereocenters. The molecule has 2 fully saturated rings. The van der Waals surface area contributed by atoms with E-state index < -0.39 is 54.4 Å². The van der Waals surface area contributed by atoms with Crippen molar-refractivity contribution in [3.8, 4) is 51.3 Å². The predicted octanol–water partition coefficient (Wildman–Crippen LogP) is 9.06. The highest BCUT2D eigenvalue weighted by Gasteiger charge is 2.53. The lowest BCUT2D eigenvalue weighted by molar-refractivity contribution is -0.118. The lowest BCUT2D eigenvalue weighted by Gasteiger charge is -2.32. The fourth-order valence-electron chi connectivity index (χ4n) is 9.12. The van der Waals surface area contributed by atoms with Crippen molar-refractivity contribution in [3.63, 3.8) is 0 Å². The molecule has 2 aliphatic heterocycles. The van der Waals surface area contributed by atoms with Crippen LogP contribution in [0.15, 0.2) is 167 Å². The van der Waals surface area contributed by atoms with Gasteiger partial charge in [0.1, 0.15) is 28.7 Å². The lowest BCUT2D eigenvalue weighted by Crippen LogP contribution is -2.41. The van der Waals surface area contributed by atoms with E-state index in [2.05, 4.69) is 52.3 Å². The van der Waals surface area contributed by atoms with Crippen LogP contribution >= 0.6 is 31.9 Å². The number of nitrogens with two attached hydrogens (primary N) is 5. The monoisotopic (exact) mass is 1510 g/mol. The molecule has 2 saturated heterocycles. The van der Waals surface area contributed by atoms with Gasteiger partial charge in [-0.1, -0.05) is 68.3 Å². The van der Waals surface area contributed by atoms with Crippen molar-refractivity contribution in [1.29, 1.82) is 0 Å². The van der Waals surface area contributed by atoms with Crippen LogP contribution < -0.4 is 39.6 Å². The van der Waals surface area contributed by atoms with E-state index in [-0.39, 0.29) is 53.4 Å². The number of benzene rings is 6. The number of rotatable bonds is 18. The Morgan fingerprint density at radius 2 is 0.792 bits per heavy atom. The zero-order chi connectivity index (χ0) is 75.0. The Morgan fingerprint density at radius 3 is 1.19 bits per heavy atom. The molecule has 15 N–H and O–H groups in total. The van der Waals surface area contributed by atoms with Gasteiger partial charge in [-0.15, -0.1) is 0 Å². The third kappa shape index (κ3) is 25.5. The van der Waals surface area contributed by atoms with E-state index in [1.807, 2.05) is 98.7 Å². The Balaban J connectivity index is 0.000000221. The zero-order valence-corrected chi connectivity index (χ0v) is 60.6. The van der Waals surface area contributed by atoms with Crippen LogP contribution in [0.5, 0.6) is 28.7 Å². The first-order valence-corrected chi connectivity index (χ1v) is 33.1. The summed E-state index contributed by atoms with van der Waals surface area (Å²) in [5, 5.41) is 63.4. The first-order chi connectivity index (χ1) is 47.4. The SMILES string of the molecule is CC1(C)OB(c2ccc(O)c(/C=C/C(N)=O)c2)OC1(C)C.CC1(C)OB(c2ccc(O)c(CCC(N)=O)c2)OC1(C)C.Cc1ccc(-c2cccnn2)cc1CCC(N)=O.NC(=O)/C=C/c1cc(Br)ccc1O.NC(=O)CCc1cc(-c2cccnn2)ccc1O.O=Cc1cc(Br)ccc1O. The van der Waals surface area contributed by atoms with Gasteiger partial charge >= 0.3 is 14.2 Å². The fourth-order valence-corrected chi connectivity index (χ4v) is 9.87. The quantitative estimate of drug-likeness (QED) is 0.0217. The summed E-state index contributed by atoms with van der Waals surface area (Å²) in [6.07, 6.45) is 11.4. The van der Waals surface area contributed by atoms with Gasteiger partial charge in [0.05, 0.1) is 39.4 Å². The van der Waals surface area contributed by atoms with Crippen molar-refractivity contribution in [2.45, 2.75) is 123 Å². The molecule has 2 aromatic heterocycles. The molecule has 6 aromatic carbocycles. The number of carbonyl (C=O) groups is 6. The van der Waals surface area contributed by atoms with Crippen LogP contribution in [0, 0.1) is 6.92 Å². The van der Waals surface area contributed by atoms with Gasteiger partial charge in [-0.2, -0.15) is 20.4 Å². The van der Waals surface area contributed by atoms with Gasteiger partial charge in [-0.3, -0.25) is 28.8 Å². The smallest absolute Gasteiger partial charge is 0.494 e. The first kappa shape index (κ1) is 81.6. The van der Waals surface area contributed by atoms with Gasteiger partial charge in [-0.05, 0) is 224 Å². The molecule has 5 amide bonds. The minimum atomic E-state index is -0.574. The van der Waals surface area contributed by atoms with E-state index >= 15 is 0 Å². The number of aromatic hydroxyl groups is 5. The van der Waals surface area contributed by atoms with Crippen molar-refractivity contribution in [3.05, 3.63) is 206 Å². The Morgan fingerprint density at radius 1 is 0.446 bits per heavy atom. The largest absolute Gasteiger partial charge is 0.508 e. The summed E-state index contributed by atoms with van der Waals surface area (Å²) < 4.78 is 25.5. The van der Waals surface area contributed by atoms with Gasteiger partial charge in [0.25, 0.3) is 0 Å². The van der Waals surface area contributed by atoms with Gasteiger partial charge < -0.3 is 72.8 Å². The lowest BCUT2D eigenvalue weighted by atomic mass is 9.78. The third-order valence-corrected chi connectivity index (χ3v) is 17.2. The maximum Gasteiger partial charge on any atom is 0.494 e. The number of hydrogen-bond acceptors (Lipinski definition) is 19. The minimum absolute atomic E-state index is 0.0122. The Kier molecular flexibility index (Phi) is 30.2. The van der Waals surface area contributed by atoms with Crippen LogP contribution in [0.1, 0.15) is 118 Å². The number of aldehydes is 1. The number of halogens is 2. The van der Waals surface area contributed by atoms with Crippen LogP contribution in [-0.2, 0) is 61.9 Å². The van der Waals surface area contributed by atoms with E-state index in [0.29, 0.717) is 59.8 Å². The Labute approximate surface area is 603 Å². The van der Waals surface area contributed by atoms with E-state index in [9.17, 15) is 49.2 Å². The molecule has 0 bridgehead atoms. The molecule has 101 heavy (non-hydrogen) atoms. The summed E-state index contributed by atoms with van der Waals surface area (Å²) in [4.78, 5) is 63.9. The molecule has 2 aliphatic rings.